The Labute approximate surface area is 57.5 Å². The van der Waals surface area contributed by atoms with E-state index in [4.69, 9.17) is 5.11 Å². The number of hydrogen-bond acceptors (Lipinski definition) is 1. The van der Waals surface area contributed by atoms with Crippen LogP contribution in [0, 0.1) is 10.8 Å². The topological polar surface area (TPSA) is 20.2 Å². The molecular formula is C6H7BrO. The summed E-state index contributed by atoms with van der Waals surface area (Å²) in [6, 6.07) is 0. The Kier molecular flexibility index (Phi) is 2.81. The highest BCUT2D eigenvalue weighted by Crippen LogP contribution is 2.00. The quantitative estimate of drug-likeness (QED) is 0.470. The van der Waals surface area contributed by atoms with Crippen molar-refractivity contribution in [3.05, 3.63) is 12.7 Å². The third-order valence-corrected chi connectivity index (χ3v) is 0.896. The second kappa shape index (κ2) is 2.91. The summed E-state index contributed by atoms with van der Waals surface area (Å²) in [5.74, 6) is 2.48. The zero-order chi connectivity index (χ0) is 6.62. The largest absolute Gasteiger partial charge is 0.374 e. The first-order valence-corrected chi connectivity index (χ1v) is 2.90. The van der Waals surface area contributed by atoms with Crippen molar-refractivity contribution in [3.8, 4) is 10.8 Å². The minimum absolute atomic E-state index is 1.05. The average Bonchev–Trinajstić information content (AvgIpc) is 1.67. The molecule has 0 aromatic carbocycles. The van der Waals surface area contributed by atoms with Gasteiger partial charge >= 0.3 is 0 Å². The van der Waals surface area contributed by atoms with Gasteiger partial charge in [0.05, 0.1) is 0 Å². The van der Waals surface area contributed by atoms with Crippen LogP contribution in [-0.4, -0.2) is 10.7 Å². The van der Waals surface area contributed by atoms with Crippen molar-refractivity contribution < 1.29 is 5.11 Å². The second-order valence-corrected chi connectivity index (χ2v) is 1.97. The first-order valence-electron chi connectivity index (χ1n) is 2.11. The van der Waals surface area contributed by atoms with Gasteiger partial charge in [-0.15, -0.1) is 0 Å². The molecule has 0 rings (SSSR count). The van der Waals surface area contributed by atoms with E-state index in [2.05, 4.69) is 33.3 Å². The molecule has 1 unspecified atom stereocenters. The summed E-state index contributed by atoms with van der Waals surface area (Å²) < 4.78 is 0. The highest BCUT2D eigenvalue weighted by atomic mass is 79.9. The lowest BCUT2D eigenvalue weighted by Crippen LogP contribution is -2.16. The molecule has 1 nitrogen and oxygen atoms in total. The third-order valence-electron chi connectivity index (χ3n) is 0.698. The normalized spacial score (nSPS) is 15.4. The summed E-state index contributed by atoms with van der Waals surface area (Å²) in [5, 5.41) is 9.00. The van der Waals surface area contributed by atoms with E-state index in [9.17, 15) is 0 Å². The molecule has 0 heterocycles. The second-order valence-electron chi connectivity index (χ2n) is 1.57. The molecule has 0 radical (unpaired) electrons. The molecule has 0 fully saturated rings. The summed E-state index contributed by atoms with van der Waals surface area (Å²) in [5.41, 5.74) is -1.05. The van der Waals surface area contributed by atoms with E-state index in [-0.39, 0.29) is 0 Å². The molecule has 0 aliphatic carbocycles. The van der Waals surface area contributed by atoms with Crippen molar-refractivity contribution in [1.82, 2.24) is 0 Å². The Morgan fingerprint density at radius 1 is 1.88 bits per heavy atom. The summed E-state index contributed by atoms with van der Waals surface area (Å²) in [7, 11) is 0. The van der Waals surface area contributed by atoms with Gasteiger partial charge in [0.15, 0.2) is 0 Å². The Morgan fingerprint density at radius 2 is 2.38 bits per heavy atom. The fourth-order valence-electron chi connectivity index (χ4n) is 0.147. The van der Waals surface area contributed by atoms with Crippen molar-refractivity contribution in [2.45, 2.75) is 12.5 Å². The van der Waals surface area contributed by atoms with Crippen LogP contribution in [0.3, 0.4) is 0 Å². The maximum absolute atomic E-state index is 9.00. The summed E-state index contributed by atoms with van der Waals surface area (Å²) in [6.45, 7) is 4.94. The van der Waals surface area contributed by atoms with Crippen LogP contribution >= 0.6 is 15.9 Å². The molecule has 0 spiro atoms. The van der Waals surface area contributed by atoms with Crippen LogP contribution in [-0.2, 0) is 0 Å². The van der Waals surface area contributed by atoms with Crippen LogP contribution in [0.2, 0.25) is 0 Å². The van der Waals surface area contributed by atoms with E-state index < -0.39 is 5.60 Å². The van der Waals surface area contributed by atoms with Gasteiger partial charge in [-0.1, -0.05) is 12.5 Å². The van der Waals surface area contributed by atoms with Gasteiger partial charge < -0.3 is 5.11 Å². The van der Waals surface area contributed by atoms with Gasteiger partial charge in [-0.25, -0.2) is 0 Å². The van der Waals surface area contributed by atoms with E-state index in [0.717, 1.165) is 0 Å². The molecule has 0 saturated carbocycles. The van der Waals surface area contributed by atoms with Crippen molar-refractivity contribution in [2.24, 2.45) is 0 Å². The van der Waals surface area contributed by atoms with Gasteiger partial charge in [-0.05, 0) is 17.8 Å². The maximum atomic E-state index is 9.00. The average molecular weight is 175 g/mol. The SMILES string of the molecule is C=CC(C)(O)C#CBr. The van der Waals surface area contributed by atoms with Crippen molar-refractivity contribution in [1.29, 1.82) is 0 Å². The predicted molar refractivity (Wildman–Crippen MR) is 37.5 cm³/mol. The summed E-state index contributed by atoms with van der Waals surface area (Å²) in [4.78, 5) is 2.40. The Bertz CT molecular complexity index is 138. The lowest BCUT2D eigenvalue weighted by Gasteiger charge is -2.06. The Balaban J connectivity index is 4.05. The molecular weight excluding hydrogens is 168 g/mol. The third kappa shape index (κ3) is 2.84. The molecule has 8 heavy (non-hydrogen) atoms. The van der Waals surface area contributed by atoms with E-state index in [1.165, 1.54) is 6.08 Å². The zero-order valence-corrected chi connectivity index (χ0v) is 6.20. The molecule has 2 heteroatoms. The molecule has 0 saturated heterocycles. The van der Waals surface area contributed by atoms with Crippen LogP contribution in [0.15, 0.2) is 12.7 Å². The highest BCUT2D eigenvalue weighted by molar-refractivity contribution is 9.12. The van der Waals surface area contributed by atoms with Crippen LogP contribution in [0.25, 0.3) is 0 Å². The lowest BCUT2D eigenvalue weighted by atomic mass is 10.1. The fourth-order valence-corrected chi connectivity index (χ4v) is 0.548. The van der Waals surface area contributed by atoms with Gasteiger partial charge in [-0.3, -0.25) is 0 Å². The minimum atomic E-state index is -1.05. The number of aliphatic hydroxyl groups is 1. The van der Waals surface area contributed by atoms with E-state index >= 15 is 0 Å². The first-order chi connectivity index (χ1) is 3.62. The standard InChI is InChI=1S/C6H7BrO/c1-3-6(2,8)4-5-7/h3,8H,1H2,2H3. The maximum Gasteiger partial charge on any atom is 0.141 e. The van der Waals surface area contributed by atoms with Crippen LogP contribution < -0.4 is 0 Å². The van der Waals surface area contributed by atoms with Gasteiger partial charge in [-0.2, -0.15) is 0 Å². The van der Waals surface area contributed by atoms with E-state index in [1.54, 1.807) is 6.92 Å². The van der Waals surface area contributed by atoms with Gasteiger partial charge in [0.1, 0.15) is 5.60 Å². The number of hydrogen-bond donors (Lipinski definition) is 1. The molecule has 1 atom stereocenters. The Hall–Kier alpha value is -0.260. The molecule has 1 N–H and O–H groups in total. The summed E-state index contributed by atoms with van der Waals surface area (Å²) in [6.07, 6.45) is 1.38. The van der Waals surface area contributed by atoms with Gasteiger partial charge in [0, 0.05) is 15.9 Å². The fraction of sp³-hybridized carbons (Fsp3) is 0.333. The lowest BCUT2D eigenvalue weighted by molar-refractivity contribution is 0.175. The van der Waals surface area contributed by atoms with Crippen LogP contribution in [0.1, 0.15) is 6.92 Å². The van der Waals surface area contributed by atoms with Crippen molar-refractivity contribution >= 4 is 15.9 Å². The molecule has 0 amide bonds. The zero-order valence-electron chi connectivity index (χ0n) is 4.61. The predicted octanol–water partition coefficient (Wildman–Crippen LogP) is 1.28. The smallest absolute Gasteiger partial charge is 0.141 e. The van der Waals surface area contributed by atoms with Gasteiger partial charge in [0.25, 0.3) is 0 Å². The van der Waals surface area contributed by atoms with E-state index in [0.29, 0.717) is 0 Å². The van der Waals surface area contributed by atoms with Crippen LogP contribution in [0.5, 0.6) is 0 Å². The van der Waals surface area contributed by atoms with E-state index in [1.807, 2.05) is 0 Å². The first kappa shape index (κ1) is 7.74. The Morgan fingerprint density at radius 3 is 2.50 bits per heavy atom. The minimum Gasteiger partial charge on any atom is -0.374 e. The molecule has 0 aromatic heterocycles. The summed E-state index contributed by atoms with van der Waals surface area (Å²) >= 11 is 2.86. The van der Waals surface area contributed by atoms with Gasteiger partial charge in [0.2, 0.25) is 0 Å². The molecule has 0 aromatic rings. The van der Waals surface area contributed by atoms with Crippen molar-refractivity contribution in [2.75, 3.05) is 0 Å². The van der Waals surface area contributed by atoms with Crippen molar-refractivity contribution in [3.63, 3.8) is 0 Å². The van der Waals surface area contributed by atoms with Crippen LogP contribution in [0.4, 0.5) is 0 Å². The molecule has 44 valence electrons. The molecule has 0 aliphatic heterocycles. The monoisotopic (exact) mass is 174 g/mol. The number of halogens is 1. The molecule has 0 aliphatic rings. The highest BCUT2D eigenvalue weighted by Gasteiger charge is 2.08. The molecule has 0 bridgehead atoms. The number of rotatable bonds is 1.